The van der Waals surface area contributed by atoms with Crippen molar-refractivity contribution in [3.8, 4) is 0 Å². The summed E-state index contributed by atoms with van der Waals surface area (Å²) in [5.41, 5.74) is 0.846. The van der Waals surface area contributed by atoms with Gasteiger partial charge in [-0.05, 0) is 35.2 Å². The summed E-state index contributed by atoms with van der Waals surface area (Å²) in [5.74, 6) is 0.855. The zero-order valence-corrected chi connectivity index (χ0v) is 11.5. The van der Waals surface area contributed by atoms with Crippen LogP contribution in [0.25, 0.3) is 5.65 Å². The molecule has 0 atom stereocenters. The van der Waals surface area contributed by atoms with Gasteiger partial charge in [-0.3, -0.25) is 0 Å². The summed E-state index contributed by atoms with van der Waals surface area (Å²) >= 11 is 3.43. The van der Waals surface area contributed by atoms with E-state index in [1.807, 2.05) is 16.8 Å². The molecule has 1 saturated carbocycles. The maximum absolute atomic E-state index is 9.25. The molecule has 0 aromatic carbocycles. The van der Waals surface area contributed by atoms with Crippen molar-refractivity contribution in [3.63, 3.8) is 0 Å². The Hall–Kier alpha value is -1.14. The Labute approximate surface area is 114 Å². The summed E-state index contributed by atoms with van der Waals surface area (Å²) in [7, 11) is 0. The highest BCUT2D eigenvalue weighted by Gasteiger charge is 2.27. The third-order valence-corrected chi connectivity index (χ3v) is 3.84. The van der Waals surface area contributed by atoms with Gasteiger partial charge in [-0.15, -0.1) is 0 Å². The number of hydrogen-bond donors (Lipinski definition) is 1. The standard InChI is InChI=1S/C12H15BrN4O/c13-10-8-16-5-4-14-11(16)12(15-10)17(6-7-18)9-2-1-3-9/h4-5,8-9,18H,1-3,6-7H2. The summed E-state index contributed by atoms with van der Waals surface area (Å²) in [5, 5.41) is 9.25. The molecule has 0 amide bonds. The predicted molar refractivity (Wildman–Crippen MR) is 72.8 cm³/mol. The number of rotatable bonds is 4. The first-order chi connectivity index (χ1) is 8.79. The lowest BCUT2D eigenvalue weighted by Gasteiger charge is -2.38. The molecule has 0 bridgehead atoms. The average Bonchev–Trinajstić information content (AvgIpc) is 2.72. The molecule has 0 radical (unpaired) electrons. The SMILES string of the molecule is OCCN(c1nc(Br)cn2ccnc12)C1CCC1. The maximum atomic E-state index is 9.25. The highest BCUT2D eigenvalue weighted by Crippen LogP contribution is 2.30. The molecule has 2 heterocycles. The van der Waals surface area contributed by atoms with E-state index >= 15 is 0 Å². The molecule has 1 N–H and O–H groups in total. The Morgan fingerprint density at radius 1 is 1.50 bits per heavy atom. The van der Waals surface area contributed by atoms with Gasteiger partial charge in [0, 0.05) is 31.2 Å². The van der Waals surface area contributed by atoms with Crippen molar-refractivity contribution in [2.75, 3.05) is 18.1 Å². The van der Waals surface area contributed by atoms with Gasteiger partial charge >= 0.3 is 0 Å². The summed E-state index contributed by atoms with van der Waals surface area (Å²) in [6, 6.07) is 0.486. The second-order valence-corrected chi connectivity index (χ2v) is 5.36. The van der Waals surface area contributed by atoms with Crippen LogP contribution in [-0.2, 0) is 0 Å². The Kier molecular flexibility index (Phi) is 3.22. The van der Waals surface area contributed by atoms with E-state index in [1.165, 1.54) is 19.3 Å². The molecule has 0 aliphatic heterocycles. The zero-order valence-electron chi connectivity index (χ0n) is 9.96. The van der Waals surface area contributed by atoms with Gasteiger partial charge in [-0.1, -0.05) is 0 Å². The minimum atomic E-state index is 0.136. The van der Waals surface area contributed by atoms with Gasteiger partial charge in [0.2, 0.25) is 0 Å². The second-order valence-electron chi connectivity index (χ2n) is 4.55. The molecular formula is C12H15BrN4O. The van der Waals surface area contributed by atoms with E-state index in [-0.39, 0.29) is 6.61 Å². The number of aromatic nitrogens is 3. The maximum Gasteiger partial charge on any atom is 0.180 e. The molecule has 2 aromatic heterocycles. The summed E-state index contributed by atoms with van der Waals surface area (Å²) in [6.07, 6.45) is 9.16. The van der Waals surface area contributed by atoms with Crippen LogP contribution in [-0.4, -0.2) is 38.7 Å². The molecule has 1 aliphatic carbocycles. The van der Waals surface area contributed by atoms with E-state index in [0.29, 0.717) is 12.6 Å². The quantitative estimate of drug-likeness (QED) is 0.936. The lowest BCUT2D eigenvalue weighted by Crippen LogP contribution is -2.42. The largest absolute Gasteiger partial charge is 0.395 e. The fourth-order valence-electron chi connectivity index (χ4n) is 2.35. The zero-order chi connectivity index (χ0) is 12.5. The molecule has 3 rings (SSSR count). The van der Waals surface area contributed by atoms with Crippen molar-refractivity contribution in [1.82, 2.24) is 14.4 Å². The molecule has 1 aliphatic rings. The topological polar surface area (TPSA) is 53.7 Å². The number of hydrogen-bond acceptors (Lipinski definition) is 4. The number of nitrogens with zero attached hydrogens (tertiary/aromatic N) is 4. The number of aliphatic hydroxyl groups excluding tert-OH is 1. The average molecular weight is 311 g/mol. The van der Waals surface area contributed by atoms with Gasteiger partial charge in [-0.25, -0.2) is 9.97 Å². The predicted octanol–water partition coefficient (Wildman–Crippen LogP) is 1.84. The van der Waals surface area contributed by atoms with Crippen molar-refractivity contribution in [3.05, 3.63) is 23.2 Å². The van der Waals surface area contributed by atoms with Crippen molar-refractivity contribution >= 4 is 27.4 Å². The van der Waals surface area contributed by atoms with Crippen LogP contribution in [0.15, 0.2) is 23.2 Å². The molecule has 6 heteroatoms. The summed E-state index contributed by atoms with van der Waals surface area (Å²) in [6.45, 7) is 0.744. The molecule has 5 nitrogen and oxygen atoms in total. The molecule has 0 spiro atoms. The number of aliphatic hydroxyl groups is 1. The Bertz CT molecular complexity index is 552. The van der Waals surface area contributed by atoms with Gasteiger partial charge in [0.05, 0.1) is 6.61 Å². The van der Waals surface area contributed by atoms with Gasteiger partial charge in [-0.2, -0.15) is 0 Å². The highest BCUT2D eigenvalue weighted by atomic mass is 79.9. The fourth-order valence-corrected chi connectivity index (χ4v) is 2.73. The van der Waals surface area contributed by atoms with Crippen LogP contribution < -0.4 is 4.90 Å². The molecule has 18 heavy (non-hydrogen) atoms. The van der Waals surface area contributed by atoms with Gasteiger partial charge < -0.3 is 14.4 Å². The molecule has 96 valence electrons. The van der Waals surface area contributed by atoms with Crippen LogP contribution in [0, 0.1) is 0 Å². The Morgan fingerprint density at radius 3 is 3.00 bits per heavy atom. The number of fused-ring (bicyclic) bond motifs is 1. The lowest BCUT2D eigenvalue weighted by atomic mass is 9.91. The van der Waals surface area contributed by atoms with Crippen molar-refractivity contribution in [1.29, 1.82) is 0 Å². The normalized spacial score (nSPS) is 15.9. The van der Waals surface area contributed by atoms with E-state index < -0.39 is 0 Å². The first kappa shape index (κ1) is 11.9. The van der Waals surface area contributed by atoms with Crippen LogP contribution >= 0.6 is 15.9 Å². The van der Waals surface area contributed by atoms with E-state index in [9.17, 15) is 5.11 Å². The molecule has 2 aromatic rings. The van der Waals surface area contributed by atoms with Gasteiger partial charge in [0.25, 0.3) is 0 Å². The summed E-state index contributed by atoms with van der Waals surface area (Å²) < 4.78 is 2.74. The number of imidazole rings is 1. The van der Waals surface area contributed by atoms with Gasteiger partial charge in [0.1, 0.15) is 4.60 Å². The number of halogens is 1. The smallest absolute Gasteiger partial charge is 0.180 e. The summed E-state index contributed by atoms with van der Waals surface area (Å²) in [4.78, 5) is 11.1. The Morgan fingerprint density at radius 2 is 2.33 bits per heavy atom. The van der Waals surface area contributed by atoms with Crippen molar-refractivity contribution in [2.45, 2.75) is 25.3 Å². The molecule has 0 unspecified atom stereocenters. The fraction of sp³-hybridized carbons (Fsp3) is 0.500. The van der Waals surface area contributed by atoms with Crippen LogP contribution in [0.1, 0.15) is 19.3 Å². The van der Waals surface area contributed by atoms with Gasteiger partial charge in [0.15, 0.2) is 11.5 Å². The monoisotopic (exact) mass is 310 g/mol. The van der Waals surface area contributed by atoms with Crippen LogP contribution in [0.3, 0.4) is 0 Å². The van der Waals surface area contributed by atoms with Crippen molar-refractivity contribution < 1.29 is 5.11 Å². The third-order valence-electron chi connectivity index (χ3n) is 3.46. The van der Waals surface area contributed by atoms with Crippen LogP contribution in [0.2, 0.25) is 0 Å². The lowest BCUT2D eigenvalue weighted by molar-refractivity contribution is 0.283. The Balaban J connectivity index is 2.06. The van der Waals surface area contributed by atoms with Crippen molar-refractivity contribution in [2.24, 2.45) is 0 Å². The van der Waals surface area contributed by atoms with E-state index in [4.69, 9.17) is 0 Å². The first-order valence-electron chi connectivity index (χ1n) is 6.16. The highest BCUT2D eigenvalue weighted by molar-refractivity contribution is 9.10. The van der Waals surface area contributed by atoms with E-state index in [1.54, 1.807) is 6.20 Å². The van der Waals surface area contributed by atoms with E-state index in [0.717, 1.165) is 16.1 Å². The minimum Gasteiger partial charge on any atom is -0.395 e. The molecule has 1 fully saturated rings. The van der Waals surface area contributed by atoms with E-state index in [2.05, 4.69) is 30.8 Å². The molecule has 0 saturated heterocycles. The second kappa shape index (κ2) is 4.85. The van der Waals surface area contributed by atoms with Crippen LogP contribution in [0.4, 0.5) is 5.82 Å². The molecular weight excluding hydrogens is 296 g/mol. The number of anilines is 1. The first-order valence-corrected chi connectivity index (χ1v) is 6.95. The third kappa shape index (κ3) is 1.99. The minimum absolute atomic E-state index is 0.136. The van der Waals surface area contributed by atoms with Crippen LogP contribution in [0.5, 0.6) is 0 Å².